The van der Waals surface area contributed by atoms with Gasteiger partial charge in [0.15, 0.2) is 6.61 Å². The fraction of sp³-hybridized carbons (Fsp3) is 0.467. The number of hydrogen-bond donors (Lipinski definition) is 1. The van der Waals surface area contributed by atoms with E-state index in [9.17, 15) is 0 Å². The van der Waals surface area contributed by atoms with Crippen LogP contribution >= 0.6 is 0 Å². The van der Waals surface area contributed by atoms with E-state index < -0.39 is 0 Å². The van der Waals surface area contributed by atoms with Crippen LogP contribution in [0.25, 0.3) is 0 Å². The predicted molar refractivity (Wildman–Crippen MR) is 76.2 cm³/mol. The Morgan fingerprint density at radius 2 is 2.19 bits per heavy atom. The van der Waals surface area contributed by atoms with Crippen LogP contribution in [0.15, 0.2) is 22.6 Å². The quantitative estimate of drug-likeness (QED) is 0.843. The molecular weight excluding hydrogens is 270 g/mol. The van der Waals surface area contributed by atoms with Gasteiger partial charge in [-0.1, -0.05) is 0 Å². The number of nitrogens with one attached hydrogen (secondary N) is 1. The van der Waals surface area contributed by atoms with Crippen molar-refractivity contribution in [2.45, 2.75) is 39.0 Å². The smallest absolute Gasteiger partial charge is 0.253 e. The second kappa shape index (κ2) is 6.13. The van der Waals surface area contributed by atoms with Gasteiger partial charge in [-0.05, 0) is 31.0 Å². The summed E-state index contributed by atoms with van der Waals surface area (Å²) < 4.78 is 16.4. The summed E-state index contributed by atoms with van der Waals surface area (Å²) in [5.74, 6) is 2.65. The second-order valence-corrected chi connectivity index (χ2v) is 5.13. The molecule has 2 aromatic rings. The summed E-state index contributed by atoms with van der Waals surface area (Å²) >= 11 is 0. The van der Waals surface area contributed by atoms with Crippen LogP contribution in [0.2, 0.25) is 0 Å². The minimum absolute atomic E-state index is 0.267. The maximum atomic E-state index is 5.80. The minimum Gasteiger partial charge on any atom is -0.497 e. The molecule has 1 aliphatic rings. The molecule has 0 aliphatic heterocycles. The molecule has 3 rings (SSSR count). The summed E-state index contributed by atoms with van der Waals surface area (Å²) in [6.07, 6.45) is 2.50. The van der Waals surface area contributed by atoms with Crippen molar-refractivity contribution in [1.29, 1.82) is 0 Å². The average Bonchev–Trinajstić information content (AvgIpc) is 3.24. The molecule has 0 bridgehead atoms. The zero-order chi connectivity index (χ0) is 14.7. The van der Waals surface area contributed by atoms with E-state index in [1.54, 1.807) is 14.0 Å². The molecule has 0 atom stereocenters. The fourth-order valence-corrected chi connectivity index (χ4v) is 2.04. The SMILES string of the molecule is COc1ccc(OCc2nnc(C)o2)c(CNC2CC2)c1. The van der Waals surface area contributed by atoms with Gasteiger partial charge in [-0.2, -0.15) is 0 Å². The second-order valence-electron chi connectivity index (χ2n) is 5.13. The van der Waals surface area contributed by atoms with Crippen molar-refractivity contribution in [3.05, 3.63) is 35.5 Å². The largest absolute Gasteiger partial charge is 0.497 e. The van der Waals surface area contributed by atoms with Crippen molar-refractivity contribution in [2.75, 3.05) is 7.11 Å². The molecule has 21 heavy (non-hydrogen) atoms. The summed E-state index contributed by atoms with van der Waals surface area (Å²) in [7, 11) is 1.66. The summed E-state index contributed by atoms with van der Waals surface area (Å²) in [5, 5.41) is 11.2. The Hall–Kier alpha value is -2.08. The summed E-state index contributed by atoms with van der Waals surface area (Å²) in [4.78, 5) is 0. The van der Waals surface area contributed by atoms with Crippen molar-refractivity contribution in [3.8, 4) is 11.5 Å². The molecule has 1 aromatic carbocycles. The van der Waals surface area contributed by atoms with Gasteiger partial charge in [0.1, 0.15) is 11.5 Å². The van der Waals surface area contributed by atoms with E-state index in [2.05, 4.69) is 15.5 Å². The predicted octanol–water partition coefficient (Wildman–Crippen LogP) is 2.22. The Morgan fingerprint density at radius 1 is 1.33 bits per heavy atom. The van der Waals surface area contributed by atoms with Gasteiger partial charge in [0.05, 0.1) is 7.11 Å². The topological polar surface area (TPSA) is 69.4 Å². The lowest BCUT2D eigenvalue weighted by Crippen LogP contribution is -2.16. The third-order valence-electron chi connectivity index (χ3n) is 3.35. The van der Waals surface area contributed by atoms with Gasteiger partial charge in [0.25, 0.3) is 5.89 Å². The fourth-order valence-electron chi connectivity index (χ4n) is 2.04. The van der Waals surface area contributed by atoms with Gasteiger partial charge < -0.3 is 19.2 Å². The molecule has 1 saturated carbocycles. The number of hydrogen-bond acceptors (Lipinski definition) is 6. The molecule has 1 N–H and O–H groups in total. The van der Waals surface area contributed by atoms with Crippen molar-refractivity contribution < 1.29 is 13.9 Å². The first-order chi connectivity index (χ1) is 10.2. The summed E-state index contributed by atoms with van der Waals surface area (Å²) in [5.41, 5.74) is 1.07. The normalized spacial score (nSPS) is 14.2. The number of aryl methyl sites for hydroxylation is 1. The van der Waals surface area contributed by atoms with E-state index in [1.165, 1.54) is 12.8 Å². The number of rotatable bonds is 7. The summed E-state index contributed by atoms with van der Waals surface area (Å²) in [6, 6.07) is 6.42. The van der Waals surface area contributed by atoms with Gasteiger partial charge in [-0.15, -0.1) is 10.2 Å². The van der Waals surface area contributed by atoms with Crippen LogP contribution in [0.1, 0.15) is 30.2 Å². The third kappa shape index (κ3) is 3.72. The van der Waals surface area contributed by atoms with Gasteiger partial charge in [0, 0.05) is 25.1 Å². The lowest BCUT2D eigenvalue weighted by atomic mass is 10.2. The molecule has 0 saturated heterocycles. The van der Waals surface area contributed by atoms with E-state index in [4.69, 9.17) is 13.9 Å². The first kappa shape index (κ1) is 13.9. The molecule has 0 spiro atoms. The van der Waals surface area contributed by atoms with E-state index in [0.29, 0.717) is 17.8 Å². The standard InChI is InChI=1S/C15H19N3O3/c1-10-17-18-15(21-10)9-20-14-6-5-13(19-2)7-11(14)8-16-12-3-4-12/h5-7,12,16H,3-4,8-9H2,1-2H3. The Morgan fingerprint density at radius 3 is 2.86 bits per heavy atom. The third-order valence-corrected chi connectivity index (χ3v) is 3.35. The molecular formula is C15H19N3O3. The van der Waals surface area contributed by atoms with Crippen LogP contribution in [0.3, 0.4) is 0 Å². The van der Waals surface area contributed by atoms with Gasteiger partial charge in [-0.25, -0.2) is 0 Å². The number of methoxy groups -OCH3 is 1. The first-order valence-corrected chi connectivity index (χ1v) is 7.06. The first-order valence-electron chi connectivity index (χ1n) is 7.06. The Kier molecular flexibility index (Phi) is 4.06. The van der Waals surface area contributed by atoms with Crippen LogP contribution in [0, 0.1) is 6.92 Å². The lowest BCUT2D eigenvalue weighted by Gasteiger charge is -2.12. The molecule has 0 amide bonds. The lowest BCUT2D eigenvalue weighted by molar-refractivity contribution is 0.257. The highest BCUT2D eigenvalue weighted by Crippen LogP contribution is 2.26. The zero-order valence-electron chi connectivity index (χ0n) is 12.3. The van der Waals surface area contributed by atoms with Crippen LogP contribution in [-0.2, 0) is 13.2 Å². The number of nitrogens with zero attached hydrogens (tertiary/aromatic N) is 2. The monoisotopic (exact) mass is 289 g/mol. The van der Waals surface area contributed by atoms with Crippen molar-refractivity contribution in [3.63, 3.8) is 0 Å². The highest BCUT2D eigenvalue weighted by atomic mass is 16.5. The molecule has 1 aromatic heterocycles. The molecule has 6 heteroatoms. The number of ether oxygens (including phenoxy) is 2. The molecule has 112 valence electrons. The zero-order valence-corrected chi connectivity index (χ0v) is 12.3. The molecule has 1 heterocycles. The van der Waals surface area contributed by atoms with Crippen molar-refractivity contribution in [1.82, 2.24) is 15.5 Å². The maximum Gasteiger partial charge on any atom is 0.253 e. The van der Waals surface area contributed by atoms with E-state index in [0.717, 1.165) is 23.6 Å². The Bertz CT molecular complexity index is 608. The van der Waals surface area contributed by atoms with E-state index in [1.807, 2.05) is 18.2 Å². The Balaban J connectivity index is 1.69. The number of aromatic nitrogens is 2. The van der Waals surface area contributed by atoms with Crippen molar-refractivity contribution in [2.24, 2.45) is 0 Å². The van der Waals surface area contributed by atoms with Gasteiger partial charge in [-0.3, -0.25) is 0 Å². The number of benzene rings is 1. The molecule has 6 nitrogen and oxygen atoms in total. The minimum atomic E-state index is 0.267. The summed E-state index contributed by atoms with van der Waals surface area (Å²) in [6.45, 7) is 2.79. The van der Waals surface area contributed by atoms with Gasteiger partial charge >= 0.3 is 0 Å². The van der Waals surface area contributed by atoms with E-state index >= 15 is 0 Å². The highest BCUT2D eigenvalue weighted by Gasteiger charge is 2.21. The van der Waals surface area contributed by atoms with Crippen LogP contribution in [0.4, 0.5) is 0 Å². The van der Waals surface area contributed by atoms with Crippen LogP contribution in [-0.4, -0.2) is 23.3 Å². The highest BCUT2D eigenvalue weighted by molar-refractivity contribution is 5.40. The molecule has 0 radical (unpaired) electrons. The van der Waals surface area contributed by atoms with E-state index in [-0.39, 0.29) is 6.61 Å². The maximum absolute atomic E-state index is 5.80. The Labute approximate surface area is 123 Å². The van der Waals surface area contributed by atoms with Crippen LogP contribution in [0.5, 0.6) is 11.5 Å². The van der Waals surface area contributed by atoms with Crippen LogP contribution < -0.4 is 14.8 Å². The van der Waals surface area contributed by atoms with Gasteiger partial charge in [0.2, 0.25) is 5.89 Å². The molecule has 0 unspecified atom stereocenters. The van der Waals surface area contributed by atoms with Crippen molar-refractivity contribution >= 4 is 0 Å². The molecule has 1 fully saturated rings. The molecule has 1 aliphatic carbocycles. The average molecular weight is 289 g/mol.